The SMILES string of the molecule is O=C(O)C(F)(F)F.[O-2].[O-2].[Ti+4]. The van der Waals surface area contributed by atoms with Crippen LogP contribution in [0.1, 0.15) is 0 Å². The van der Waals surface area contributed by atoms with Crippen LogP contribution in [0.3, 0.4) is 0 Å². The van der Waals surface area contributed by atoms with E-state index < -0.39 is 12.1 Å². The zero-order valence-electron chi connectivity index (χ0n) is 4.31. The van der Waals surface area contributed by atoms with E-state index in [4.69, 9.17) is 9.90 Å². The molecule has 0 rings (SSSR count). The van der Waals surface area contributed by atoms with Crippen molar-refractivity contribution in [3.05, 3.63) is 0 Å². The number of hydrogen-bond acceptors (Lipinski definition) is 1. The fourth-order valence-electron chi connectivity index (χ4n) is 0. The van der Waals surface area contributed by atoms with Crippen molar-refractivity contribution in [2.45, 2.75) is 6.18 Å². The molecule has 0 aromatic carbocycles. The number of aliphatic carboxylic acids is 1. The molecule has 8 heteroatoms. The summed E-state index contributed by atoms with van der Waals surface area (Å²) < 4.78 is 31.7. The van der Waals surface area contributed by atoms with Crippen LogP contribution in [-0.2, 0) is 37.5 Å². The van der Waals surface area contributed by atoms with Crippen molar-refractivity contribution in [2.75, 3.05) is 0 Å². The third-order valence-electron chi connectivity index (χ3n) is 0.243. The van der Waals surface area contributed by atoms with Gasteiger partial charge in [-0.25, -0.2) is 4.79 Å². The molecular formula is C2HF3O4Ti. The van der Waals surface area contributed by atoms with Crippen molar-refractivity contribution >= 4 is 5.97 Å². The second-order valence-electron chi connectivity index (χ2n) is 0.803. The minimum absolute atomic E-state index is 0. The van der Waals surface area contributed by atoms with Gasteiger partial charge >= 0.3 is 33.9 Å². The predicted octanol–water partition coefficient (Wildman–Crippen LogP) is 0.393. The van der Waals surface area contributed by atoms with Crippen molar-refractivity contribution in [3.8, 4) is 0 Å². The smallest absolute Gasteiger partial charge is 2.00 e. The quantitative estimate of drug-likeness (QED) is 0.564. The number of carboxylic acid groups (broad SMARTS) is 1. The number of rotatable bonds is 0. The van der Waals surface area contributed by atoms with E-state index in [1.807, 2.05) is 0 Å². The average Bonchev–Trinajstić information content (AvgIpc) is 1.31. The molecular weight excluding hydrogens is 193 g/mol. The molecule has 0 unspecified atom stereocenters. The topological polar surface area (TPSA) is 94.3 Å². The standard InChI is InChI=1S/C2HF3O2.2O.Ti/c3-2(4,5)1(6)7;;;/h(H,6,7);;;/q;2*-2;+4. The molecule has 0 heterocycles. The summed E-state index contributed by atoms with van der Waals surface area (Å²) in [4.78, 5) is 8.90. The molecule has 0 spiro atoms. The van der Waals surface area contributed by atoms with Gasteiger partial charge in [-0.2, -0.15) is 13.2 Å². The summed E-state index contributed by atoms with van der Waals surface area (Å²) in [5, 5.41) is 7.12. The number of alkyl halides is 3. The zero-order chi connectivity index (χ0) is 6.08. The van der Waals surface area contributed by atoms with Crippen LogP contribution in [0.2, 0.25) is 0 Å². The summed E-state index contributed by atoms with van der Waals surface area (Å²) in [6, 6.07) is 0. The Morgan fingerprint density at radius 3 is 1.30 bits per heavy atom. The van der Waals surface area contributed by atoms with Crippen molar-refractivity contribution in [1.82, 2.24) is 0 Å². The maximum absolute atomic E-state index is 10.6. The van der Waals surface area contributed by atoms with Gasteiger partial charge < -0.3 is 16.1 Å². The Balaban J connectivity index is -0.0000000600. The predicted molar refractivity (Wildman–Crippen MR) is 15.1 cm³/mol. The van der Waals surface area contributed by atoms with Gasteiger partial charge in [0.25, 0.3) is 0 Å². The Morgan fingerprint density at radius 1 is 1.20 bits per heavy atom. The summed E-state index contributed by atoms with van der Waals surface area (Å²) in [6.45, 7) is 0. The van der Waals surface area contributed by atoms with E-state index in [2.05, 4.69) is 0 Å². The number of halogens is 3. The maximum Gasteiger partial charge on any atom is 4.00 e. The minimum atomic E-state index is -5.08. The summed E-state index contributed by atoms with van der Waals surface area (Å²) in [6.07, 6.45) is -5.08. The fraction of sp³-hybridized carbons (Fsp3) is 0.500. The molecule has 0 fully saturated rings. The van der Waals surface area contributed by atoms with Crippen molar-refractivity contribution in [2.24, 2.45) is 0 Å². The van der Waals surface area contributed by atoms with E-state index in [9.17, 15) is 13.2 Å². The van der Waals surface area contributed by atoms with Crippen LogP contribution in [-0.4, -0.2) is 17.3 Å². The number of carboxylic acids is 1. The van der Waals surface area contributed by atoms with Gasteiger partial charge in [0.2, 0.25) is 0 Å². The molecule has 0 aliphatic heterocycles. The van der Waals surface area contributed by atoms with Crippen molar-refractivity contribution < 1.29 is 55.7 Å². The van der Waals surface area contributed by atoms with E-state index >= 15 is 0 Å². The van der Waals surface area contributed by atoms with Gasteiger partial charge in [0.15, 0.2) is 0 Å². The Hall–Kier alpha value is -0.106. The van der Waals surface area contributed by atoms with E-state index in [1.165, 1.54) is 0 Å². The van der Waals surface area contributed by atoms with Crippen LogP contribution in [0, 0.1) is 0 Å². The van der Waals surface area contributed by atoms with Crippen molar-refractivity contribution in [1.29, 1.82) is 0 Å². The van der Waals surface area contributed by atoms with Crippen LogP contribution in [0.4, 0.5) is 13.2 Å². The molecule has 0 saturated heterocycles. The van der Waals surface area contributed by atoms with Gasteiger partial charge in [0, 0.05) is 0 Å². The molecule has 0 saturated carbocycles. The van der Waals surface area contributed by atoms with Crippen LogP contribution >= 0.6 is 0 Å². The molecule has 4 nitrogen and oxygen atoms in total. The molecule has 0 radical (unpaired) electrons. The van der Waals surface area contributed by atoms with Gasteiger partial charge in [-0.15, -0.1) is 0 Å². The Kier molecular flexibility index (Phi) is 15.8. The van der Waals surface area contributed by atoms with Gasteiger partial charge in [-0.05, 0) is 0 Å². The summed E-state index contributed by atoms with van der Waals surface area (Å²) >= 11 is 0. The van der Waals surface area contributed by atoms with Gasteiger partial charge in [-0.3, -0.25) is 0 Å². The molecule has 10 heavy (non-hydrogen) atoms. The number of carbonyl (C=O) groups is 1. The molecule has 0 atom stereocenters. The first kappa shape index (κ1) is 22.5. The Morgan fingerprint density at radius 2 is 1.30 bits per heavy atom. The Labute approximate surface area is 68.5 Å². The first-order valence-electron chi connectivity index (χ1n) is 1.24. The summed E-state index contributed by atoms with van der Waals surface area (Å²) in [5.41, 5.74) is 0. The molecule has 0 aliphatic carbocycles. The zero-order valence-corrected chi connectivity index (χ0v) is 5.87. The van der Waals surface area contributed by atoms with E-state index in [1.54, 1.807) is 0 Å². The average molecular weight is 194 g/mol. The largest absolute Gasteiger partial charge is 4.00 e. The van der Waals surface area contributed by atoms with E-state index in [0.29, 0.717) is 0 Å². The molecule has 0 aliphatic rings. The van der Waals surface area contributed by atoms with Crippen molar-refractivity contribution in [3.63, 3.8) is 0 Å². The molecule has 0 amide bonds. The van der Waals surface area contributed by atoms with E-state index in [0.717, 1.165) is 0 Å². The molecule has 58 valence electrons. The summed E-state index contributed by atoms with van der Waals surface area (Å²) in [7, 11) is 0. The second kappa shape index (κ2) is 7.01. The first-order valence-corrected chi connectivity index (χ1v) is 1.24. The molecule has 0 aromatic heterocycles. The third-order valence-corrected chi connectivity index (χ3v) is 0.243. The van der Waals surface area contributed by atoms with E-state index in [-0.39, 0.29) is 32.7 Å². The van der Waals surface area contributed by atoms with Crippen LogP contribution in [0.15, 0.2) is 0 Å². The molecule has 0 aromatic rings. The second-order valence-corrected chi connectivity index (χ2v) is 0.803. The van der Waals surface area contributed by atoms with Gasteiger partial charge in [-0.1, -0.05) is 0 Å². The Bertz CT molecular complexity index is 91.0. The summed E-state index contributed by atoms with van der Waals surface area (Å²) in [5.74, 6) is -2.76. The van der Waals surface area contributed by atoms with Crippen LogP contribution < -0.4 is 0 Å². The number of hydrogen-bond donors (Lipinski definition) is 1. The van der Waals surface area contributed by atoms with Crippen LogP contribution in [0.5, 0.6) is 0 Å². The normalized spacial score (nSPS) is 7.90. The monoisotopic (exact) mass is 194 g/mol. The fourth-order valence-corrected chi connectivity index (χ4v) is 0. The van der Waals surface area contributed by atoms with Gasteiger partial charge in [0.1, 0.15) is 0 Å². The maximum atomic E-state index is 10.6. The van der Waals surface area contributed by atoms with Gasteiger partial charge in [0.05, 0.1) is 0 Å². The first-order chi connectivity index (χ1) is 2.94. The molecule has 1 N–H and O–H groups in total. The minimum Gasteiger partial charge on any atom is -2.00 e. The third kappa shape index (κ3) is 10.8. The van der Waals surface area contributed by atoms with Crippen LogP contribution in [0.25, 0.3) is 0 Å². The molecule has 0 bridgehead atoms.